The summed E-state index contributed by atoms with van der Waals surface area (Å²) in [5.41, 5.74) is 6.42. The molecule has 0 aliphatic rings. The predicted octanol–water partition coefficient (Wildman–Crippen LogP) is 2.89. The van der Waals surface area contributed by atoms with E-state index in [2.05, 4.69) is 29.4 Å². The summed E-state index contributed by atoms with van der Waals surface area (Å²) < 4.78 is 14.9. The Kier molecular flexibility index (Phi) is 4.65. The average molecular weight is 277 g/mol. The Morgan fingerprint density at radius 3 is 2.80 bits per heavy atom. The van der Waals surface area contributed by atoms with Gasteiger partial charge in [-0.15, -0.1) is 5.10 Å². The van der Waals surface area contributed by atoms with Crippen molar-refractivity contribution in [1.29, 1.82) is 0 Å². The van der Waals surface area contributed by atoms with E-state index in [0.29, 0.717) is 11.7 Å². The molecule has 2 aromatic rings. The van der Waals surface area contributed by atoms with Gasteiger partial charge in [0, 0.05) is 12.1 Å². The maximum atomic E-state index is 13.2. The molecule has 0 radical (unpaired) electrons. The number of benzene rings is 1. The summed E-state index contributed by atoms with van der Waals surface area (Å²) in [6.07, 6.45) is 3.36. The molecule has 0 amide bonds. The molecule has 6 heteroatoms. The molecule has 1 aromatic carbocycles. The fourth-order valence-corrected chi connectivity index (χ4v) is 2.06. The molecule has 0 unspecified atom stereocenters. The molecule has 0 saturated carbocycles. The van der Waals surface area contributed by atoms with Crippen LogP contribution in [0.4, 0.5) is 10.1 Å². The summed E-state index contributed by atoms with van der Waals surface area (Å²) in [4.78, 5) is 0. The number of aromatic nitrogens is 4. The first-order valence-electron chi connectivity index (χ1n) is 6.89. The third-order valence-corrected chi connectivity index (χ3v) is 3.19. The number of aryl methyl sites for hydroxylation is 1. The van der Waals surface area contributed by atoms with E-state index in [1.165, 1.54) is 12.5 Å². The van der Waals surface area contributed by atoms with Crippen molar-refractivity contribution in [3.63, 3.8) is 0 Å². The Morgan fingerprint density at radius 2 is 2.10 bits per heavy atom. The molecular formula is C14H20FN5. The van der Waals surface area contributed by atoms with Gasteiger partial charge < -0.3 is 5.73 Å². The lowest BCUT2D eigenvalue weighted by atomic mass is 10.1. The number of tetrazole rings is 1. The van der Waals surface area contributed by atoms with Crippen LogP contribution in [0, 0.1) is 11.7 Å². The van der Waals surface area contributed by atoms with Crippen molar-refractivity contribution < 1.29 is 4.39 Å². The highest BCUT2D eigenvalue weighted by Gasteiger charge is 2.10. The van der Waals surface area contributed by atoms with E-state index in [4.69, 9.17) is 5.73 Å². The summed E-state index contributed by atoms with van der Waals surface area (Å²) in [7, 11) is 0. The van der Waals surface area contributed by atoms with Crippen molar-refractivity contribution in [3.8, 4) is 11.4 Å². The number of nitrogens with zero attached hydrogens (tertiary/aromatic N) is 4. The van der Waals surface area contributed by atoms with Crippen molar-refractivity contribution >= 4 is 5.69 Å². The smallest absolute Gasteiger partial charge is 0.182 e. The maximum absolute atomic E-state index is 13.2. The first-order chi connectivity index (χ1) is 9.58. The van der Waals surface area contributed by atoms with Crippen LogP contribution < -0.4 is 5.73 Å². The highest BCUT2D eigenvalue weighted by molar-refractivity contribution is 5.61. The number of halogens is 1. The molecule has 0 fully saturated rings. The number of hydrogen-bond donors (Lipinski definition) is 1. The number of anilines is 1. The highest BCUT2D eigenvalue weighted by atomic mass is 19.1. The van der Waals surface area contributed by atoms with Crippen molar-refractivity contribution in [2.24, 2.45) is 5.92 Å². The second-order valence-electron chi connectivity index (χ2n) is 5.35. The summed E-state index contributed by atoms with van der Waals surface area (Å²) >= 11 is 0. The van der Waals surface area contributed by atoms with E-state index in [0.717, 1.165) is 24.9 Å². The quantitative estimate of drug-likeness (QED) is 0.651. The first-order valence-corrected chi connectivity index (χ1v) is 6.89. The summed E-state index contributed by atoms with van der Waals surface area (Å²) in [6.45, 7) is 5.18. The lowest BCUT2D eigenvalue weighted by Gasteiger charge is -2.07. The average Bonchev–Trinajstić information content (AvgIpc) is 2.86. The van der Waals surface area contributed by atoms with Gasteiger partial charge in [0.15, 0.2) is 5.82 Å². The van der Waals surface area contributed by atoms with E-state index in [1.54, 1.807) is 16.8 Å². The predicted molar refractivity (Wildman–Crippen MR) is 76.3 cm³/mol. The molecule has 0 spiro atoms. The van der Waals surface area contributed by atoms with E-state index in [1.807, 2.05) is 0 Å². The molecule has 108 valence electrons. The standard InChI is InChI=1S/C14H20FN5/c1-10(2)5-3-4-8-20-14(17-18-19-20)11-6-7-12(15)13(16)9-11/h6-7,9-10H,3-5,8,16H2,1-2H3. The van der Waals surface area contributed by atoms with Gasteiger partial charge in [-0.1, -0.05) is 26.7 Å². The van der Waals surface area contributed by atoms with Crippen molar-refractivity contribution in [3.05, 3.63) is 24.0 Å². The normalized spacial score (nSPS) is 11.2. The van der Waals surface area contributed by atoms with Crippen molar-refractivity contribution in [1.82, 2.24) is 20.2 Å². The van der Waals surface area contributed by atoms with Gasteiger partial charge in [0.1, 0.15) is 5.82 Å². The molecular weight excluding hydrogens is 257 g/mol. The van der Waals surface area contributed by atoms with E-state index in [9.17, 15) is 4.39 Å². The van der Waals surface area contributed by atoms with E-state index < -0.39 is 5.82 Å². The molecule has 0 aliphatic heterocycles. The monoisotopic (exact) mass is 277 g/mol. The zero-order valence-corrected chi connectivity index (χ0v) is 11.9. The third kappa shape index (κ3) is 3.53. The minimum absolute atomic E-state index is 0.108. The lowest BCUT2D eigenvalue weighted by Crippen LogP contribution is -2.04. The lowest BCUT2D eigenvalue weighted by molar-refractivity contribution is 0.487. The Morgan fingerprint density at radius 1 is 1.30 bits per heavy atom. The van der Waals surface area contributed by atoms with Gasteiger partial charge in [0.05, 0.1) is 5.69 Å². The number of nitrogens with two attached hydrogens (primary N) is 1. The molecule has 5 nitrogen and oxygen atoms in total. The minimum Gasteiger partial charge on any atom is -0.396 e. The number of rotatable bonds is 6. The van der Waals surface area contributed by atoms with Gasteiger partial charge in [-0.25, -0.2) is 9.07 Å². The first kappa shape index (κ1) is 14.4. The molecule has 20 heavy (non-hydrogen) atoms. The van der Waals surface area contributed by atoms with Crippen molar-refractivity contribution in [2.45, 2.75) is 39.7 Å². The van der Waals surface area contributed by atoms with Crippen LogP contribution in [-0.2, 0) is 6.54 Å². The fraction of sp³-hybridized carbons (Fsp3) is 0.500. The zero-order chi connectivity index (χ0) is 14.5. The molecule has 1 heterocycles. The molecule has 1 aromatic heterocycles. The Balaban J connectivity index is 2.06. The van der Waals surface area contributed by atoms with E-state index >= 15 is 0 Å². The maximum Gasteiger partial charge on any atom is 0.182 e. The SMILES string of the molecule is CC(C)CCCCn1nnnc1-c1ccc(F)c(N)c1. The number of unbranched alkanes of at least 4 members (excludes halogenated alkanes) is 1. The van der Waals surface area contributed by atoms with Crippen LogP contribution in [0.2, 0.25) is 0 Å². The van der Waals surface area contributed by atoms with Gasteiger partial charge in [0.2, 0.25) is 0 Å². The van der Waals surface area contributed by atoms with Crippen LogP contribution >= 0.6 is 0 Å². The summed E-state index contributed by atoms with van der Waals surface area (Å²) in [6, 6.07) is 4.54. The van der Waals surface area contributed by atoms with Crippen LogP contribution in [0.15, 0.2) is 18.2 Å². The van der Waals surface area contributed by atoms with Gasteiger partial charge in [0.25, 0.3) is 0 Å². The molecule has 0 bridgehead atoms. The molecule has 2 N–H and O–H groups in total. The second-order valence-corrected chi connectivity index (χ2v) is 5.35. The van der Waals surface area contributed by atoms with Crippen LogP contribution in [0.3, 0.4) is 0 Å². The number of hydrogen-bond acceptors (Lipinski definition) is 4. The van der Waals surface area contributed by atoms with E-state index in [-0.39, 0.29) is 5.69 Å². The Bertz CT molecular complexity index is 564. The topological polar surface area (TPSA) is 69.6 Å². The van der Waals surface area contributed by atoms with Crippen LogP contribution in [0.25, 0.3) is 11.4 Å². The Labute approximate surface area is 118 Å². The van der Waals surface area contributed by atoms with Gasteiger partial charge in [-0.2, -0.15) is 0 Å². The molecule has 0 aliphatic carbocycles. The molecule has 0 atom stereocenters. The van der Waals surface area contributed by atoms with Crippen LogP contribution in [-0.4, -0.2) is 20.2 Å². The fourth-order valence-electron chi connectivity index (χ4n) is 2.06. The summed E-state index contributed by atoms with van der Waals surface area (Å²) in [5.74, 6) is 0.909. The minimum atomic E-state index is -0.426. The number of nitrogen functional groups attached to an aromatic ring is 1. The molecule has 0 saturated heterocycles. The molecule has 2 rings (SSSR count). The highest BCUT2D eigenvalue weighted by Crippen LogP contribution is 2.21. The van der Waals surface area contributed by atoms with Crippen LogP contribution in [0.5, 0.6) is 0 Å². The van der Waals surface area contributed by atoms with Crippen LogP contribution in [0.1, 0.15) is 33.1 Å². The zero-order valence-electron chi connectivity index (χ0n) is 11.9. The largest absolute Gasteiger partial charge is 0.396 e. The third-order valence-electron chi connectivity index (χ3n) is 3.19. The van der Waals surface area contributed by atoms with Crippen molar-refractivity contribution in [2.75, 3.05) is 5.73 Å². The second kappa shape index (κ2) is 6.45. The van der Waals surface area contributed by atoms with Gasteiger partial charge in [-0.3, -0.25) is 0 Å². The summed E-state index contributed by atoms with van der Waals surface area (Å²) in [5, 5.41) is 11.7. The Hall–Kier alpha value is -1.98. The van der Waals surface area contributed by atoms with Gasteiger partial charge >= 0.3 is 0 Å². The van der Waals surface area contributed by atoms with Gasteiger partial charge in [-0.05, 0) is 41.0 Å².